The molecule has 0 aliphatic carbocycles. The number of ether oxygens (including phenoxy) is 1. The van der Waals surface area contributed by atoms with Crippen LogP contribution in [0.5, 0.6) is 11.5 Å². The first-order valence-electron chi connectivity index (χ1n) is 20.0. The van der Waals surface area contributed by atoms with E-state index < -0.39 is 0 Å². The van der Waals surface area contributed by atoms with Gasteiger partial charge in [0.1, 0.15) is 22.7 Å². The molecule has 11 aromatic rings. The molecule has 12 rings (SSSR count). The molecule has 1 N–H and O–H groups in total. The van der Waals surface area contributed by atoms with Gasteiger partial charge in [-0.25, -0.2) is 0 Å². The van der Waals surface area contributed by atoms with Crippen molar-refractivity contribution in [3.8, 4) is 50.6 Å². The van der Waals surface area contributed by atoms with Crippen molar-refractivity contribution in [3.63, 3.8) is 0 Å². The van der Waals surface area contributed by atoms with Gasteiger partial charge in [-0.1, -0.05) is 121 Å². The van der Waals surface area contributed by atoms with Crippen LogP contribution in [0.15, 0.2) is 205 Å². The van der Waals surface area contributed by atoms with E-state index in [1.807, 2.05) is 18.2 Å². The third-order valence-corrected chi connectivity index (χ3v) is 11.7. The van der Waals surface area contributed by atoms with Gasteiger partial charge in [0.25, 0.3) is 0 Å². The van der Waals surface area contributed by atoms with Crippen molar-refractivity contribution in [2.24, 2.45) is 0 Å². The minimum Gasteiger partial charge on any atom is -0.458 e. The Morgan fingerprint density at radius 2 is 1.08 bits per heavy atom. The van der Waals surface area contributed by atoms with Crippen LogP contribution in [0.25, 0.3) is 82.8 Å². The van der Waals surface area contributed by atoms with E-state index in [4.69, 9.17) is 9.15 Å². The molecule has 0 spiro atoms. The molecule has 0 atom stereocenters. The van der Waals surface area contributed by atoms with Crippen molar-refractivity contribution >= 4 is 73.3 Å². The normalized spacial score (nSPS) is 12.0. The van der Waals surface area contributed by atoms with Crippen LogP contribution >= 0.6 is 0 Å². The summed E-state index contributed by atoms with van der Waals surface area (Å²) in [5.74, 6) is 1.64. The van der Waals surface area contributed by atoms with Crippen LogP contribution in [0.4, 0.5) is 11.4 Å². The number of nitrogens with one attached hydrogen (secondary N) is 1. The SMILES string of the molecule is [B]1c2ccc(-c3cccc(-n4c5ccccc5c5ccccc54)c3)cc2Oc2cc(-c3ccc4oc5ccccc5c4c3)cc(-c3ccccc3Nc3ccccc3)c21. The van der Waals surface area contributed by atoms with Gasteiger partial charge in [0.15, 0.2) is 0 Å². The maximum absolute atomic E-state index is 7.01. The number of rotatable bonds is 6. The maximum Gasteiger partial charge on any atom is 0.202 e. The number of anilines is 2. The van der Waals surface area contributed by atoms with Crippen LogP contribution in [0, 0.1) is 0 Å². The largest absolute Gasteiger partial charge is 0.458 e. The molecule has 1 aliphatic heterocycles. The van der Waals surface area contributed by atoms with Crippen molar-refractivity contribution < 1.29 is 9.15 Å². The Morgan fingerprint density at radius 3 is 1.93 bits per heavy atom. The Bertz CT molecular complexity index is 3380. The Hall–Kier alpha value is -7.76. The molecule has 0 fully saturated rings. The second-order valence-electron chi connectivity index (χ2n) is 15.2. The van der Waals surface area contributed by atoms with Gasteiger partial charge in [-0.3, -0.25) is 0 Å². The van der Waals surface area contributed by atoms with Gasteiger partial charge in [0.2, 0.25) is 7.28 Å². The zero-order valence-corrected chi connectivity index (χ0v) is 31.9. The molecule has 2 aromatic heterocycles. The van der Waals surface area contributed by atoms with Gasteiger partial charge in [0, 0.05) is 44.2 Å². The Kier molecular flexibility index (Phi) is 7.60. The zero-order valence-electron chi connectivity index (χ0n) is 31.9. The molecule has 1 aliphatic rings. The van der Waals surface area contributed by atoms with Crippen molar-refractivity contribution in [3.05, 3.63) is 200 Å². The molecule has 0 bridgehead atoms. The average Bonchev–Trinajstić information content (AvgIpc) is 3.84. The van der Waals surface area contributed by atoms with E-state index in [1.54, 1.807) is 0 Å². The summed E-state index contributed by atoms with van der Waals surface area (Å²) >= 11 is 0. The number of para-hydroxylation sites is 5. The summed E-state index contributed by atoms with van der Waals surface area (Å²) in [5, 5.41) is 8.38. The molecule has 59 heavy (non-hydrogen) atoms. The van der Waals surface area contributed by atoms with Gasteiger partial charge in [0.05, 0.1) is 11.0 Å². The van der Waals surface area contributed by atoms with Crippen molar-refractivity contribution in [1.29, 1.82) is 0 Å². The summed E-state index contributed by atoms with van der Waals surface area (Å²) in [6.07, 6.45) is 0. The molecule has 0 saturated carbocycles. The van der Waals surface area contributed by atoms with Gasteiger partial charge >= 0.3 is 0 Å². The van der Waals surface area contributed by atoms with Crippen LogP contribution in [-0.4, -0.2) is 11.8 Å². The third-order valence-electron chi connectivity index (χ3n) is 11.7. The predicted octanol–water partition coefficient (Wildman–Crippen LogP) is 13.2. The smallest absolute Gasteiger partial charge is 0.202 e. The highest BCUT2D eigenvalue weighted by Crippen LogP contribution is 2.40. The van der Waals surface area contributed by atoms with Crippen LogP contribution in [-0.2, 0) is 0 Å². The van der Waals surface area contributed by atoms with Crippen LogP contribution in [0.1, 0.15) is 0 Å². The van der Waals surface area contributed by atoms with Gasteiger partial charge in [-0.05, 0) is 118 Å². The van der Waals surface area contributed by atoms with Crippen molar-refractivity contribution in [2.45, 2.75) is 0 Å². The first-order chi connectivity index (χ1) is 29.2. The molecular weight excluding hydrogens is 719 g/mol. The van der Waals surface area contributed by atoms with Crippen LogP contribution in [0.3, 0.4) is 0 Å². The number of benzene rings is 9. The molecule has 5 heteroatoms. The number of aromatic nitrogens is 1. The van der Waals surface area contributed by atoms with E-state index in [0.29, 0.717) is 0 Å². The topological polar surface area (TPSA) is 39.3 Å². The zero-order chi connectivity index (χ0) is 38.9. The summed E-state index contributed by atoms with van der Waals surface area (Å²) < 4.78 is 15.6. The molecule has 0 amide bonds. The highest BCUT2D eigenvalue weighted by molar-refractivity contribution is 6.71. The molecule has 3 heterocycles. The summed E-state index contributed by atoms with van der Waals surface area (Å²) in [7, 11) is 2.28. The average molecular weight is 754 g/mol. The molecule has 275 valence electrons. The lowest BCUT2D eigenvalue weighted by Gasteiger charge is -2.25. The quantitative estimate of drug-likeness (QED) is 0.172. The van der Waals surface area contributed by atoms with E-state index in [9.17, 15) is 0 Å². The second-order valence-corrected chi connectivity index (χ2v) is 15.2. The fourth-order valence-electron chi connectivity index (χ4n) is 8.88. The Morgan fingerprint density at radius 1 is 0.424 bits per heavy atom. The lowest BCUT2D eigenvalue weighted by atomic mass is 9.59. The standard InChI is InChI=1S/C54H34BN2O2/c1-2-14-38(15-3-1)56-47-21-8-4-17-40(47)45-31-37(35-26-28-51-44(30-35)43-20-7-11-24-50(43)58-51)33-53-54(45)55-46-27-25-36(32-52(46)59-53)34-13-12-16-39(29-34)57-48-22-9-5-18-41(48)42-19-6-10-23-49(42)57/h1-33,56H. The number of hydrogen-bond acceptors (Lipinski definition) is 3. The first kappa shape index (κ1) is 33.4. The minimum atomic E-state index is 0.813. The monoisotopic (exact) mass is 753 g/mol. The van der Waals surface area contributed by atoms with Crippen molar-refractivity contribution in [2.75, 3.05) is 5.32 Å². The predicted molar refractivity (Wildman–Crippen MR) is 246 cm³/mol. The molecule has 9 aromatic carbocycles. The lowest BCUT2D eigenvalue weighted by molar-refractivity contribution is 0.488. The van der Waals surface area contributed by atoms with Crippen LogP contribution < -0.4 is 21.0 Å². The summed E-state index contributed by atoms with van der Waals surface area (Å²) in [6.45, 7) is 0. The van der Waals surface area contributed by atoms with E-state index >= 15 is 0 Å². The van der Waals surface area contributed by atoms with Crippen LogP contribution in [0.2, 0.25) is 0 Å². The number of fused-ring (bicyclic) bond motifs is 8. The molecular formula is C54H34BN2O2. The van der Waals surface area contributed by atoms with Crippen molar-refractivity contribution in [1.82, 2.24) is 4.57 Å². The highest BCUT2D eigenvalue weighted by Gasteiger charge is 2.25. The number of nitrogens with zero attached hydrogens (tertiary/aromatic N) is 1. The summed E-state index contributed by atoms with van der Waals surface area (Å²) in [5.41, 5.74) is 15.9. The molecule has 0 saturated heterocycles. The summed E-state index contributed by atoms with van der Waals surface area (Å²) in [6, 6.07) is 70.7. The lowest BCUT2D eigenvalue weighted by Crippen LogP contribution is -2.35. The van der Waals surface area contributed by atoms with E-state index in [-0.39, 0.29) is 0 Å². The fraction of sp³-hybridized carbons (Fsp3) is 0. The Balaban J connectivity index is 0.979. The van der Waals surface area contributed by atoms with E-state index in [0.717, 1.165) is 94.8 Å². The highest BCUT2D eigenvalue weighted by atomic mass is 16.5. The number of hydrogen-bond donors (Lipinski definition) is 1. The van der Waals surface area contributed by atoms with E-state index in [1.165, 1.54) is 21.8 Å². The molecule has 0 unspecified atom stereocenters. The van der Waals surface area contributed by atoms with Gasteiger partial charge in [-0.15, -0.1) is 0 Å². The fourth-order valence-corrected chi connectivity index (χ4v) is 8.88. The molecule has 4 nitrogen and oxygen atoms in total. The number of furan rings is 1. The summed E-state index contributed by atoms with van der Waals surface area (Å²) in [4.78, 5) is 0. The van der Waals surface area contributed by atoms with E-state index in [2.05, 4.69) is 199 Å². The van der Waals surface area contributed by atoms with Gasteiger partial charge < -0.3 is 19.0 Å². The first-order valence-corrected chi connectivity index (χ1v) is 20.0. The third kappa shape index (κ3) is 5.62. The van der Waals surface area contributed by atoms with Gasteiger partial charge in [-0.2, -0.15) is 0 Å². The minimum absolute atomic E-state index is 0.813. The molecule has 1 radical (unpaired) electrons. The maximum atomic E-state index is 7.01. The second kappa shape index (κ2) is 13.4. The Labute approximate surface area is 341 Å².